The van der Waals surface area contributed by atoms with E-state index < -0.39 is 0 Å². The number of ether oxygens (including phenoxy) is 2. The third-order valence-corrected chi connectivity index (χ3v) is 4.66. The molecule has 26 heavy (non-hydrogen) atoms. The topological polar surface area (TPSA) is 30.5 Å². The predicted octanol–water partition coefficient (Wildman–Crippen LogP) is 5.89. The third-order valence-electron chi connectivity index (χ3n) is 4.12. The van der Waals surface area contributed by atoms with Crippen molar-refractivity contribution in [2.75, 3.05) is 13.2 Å². The van der Waals surface area contributed by atoms with E-state index >= 15 is 0 Å². The fourth-order valence-electron chi connectivity index (χ4n) is 2.61. The summed E-state index contributed by atoms with van der Waals surface area (Å²) >= 11 is 12.4. The van der Waals surface area contributed by atoms with Crippen LogP contribution in [0.4, 0.5) is 0 Å². The Balaban J connectivity index is 0.00000243. The second kappa shape index (κ2) is 10.3. The van der Waals surface area contributed by atoms with E-state index in [1.807, 2.05) is 43.3 Å². The average Bonchev–Trinajstić information content (AvgIpc) is 3.40. The van der Waals surface area contributed by atoms with Crippen LogP contribution in [-0.4, -0.2) is 13.2 Å². The van der Waals surface area contributed by atoms with Gasteiger partial charge in [-0.25, -0.2) is 0 Å². The molecule has 0 radical (unpaired) electrons. The van der Waals surface area contributed by atoms with Crippen molar-refractivity contribution < 1.29 is 9.47 Å². The summed E-state index contributed by atoms with van der Waals surface area (Å²) in [6, 6.07) is 11.5. The Kier molecular flexibility index (Phi) is 8.36. The van der Waals surface area contributed by atoms with Crippen molar-refractivity contribution in [2.24, 2.45) is 5.92 Å². The molecule has 0 unspecified atom stereocenters. The van der Waals surface area contributed by atoms with Gasteiger partial charge in [-0.1, -0.05) is 35.3 Å². The van der Waals surface area contributed by atoms with E-state index in [0.717, 1.165) is 30.1 Å². The van der Waals surface area contributed by atoms with E-state index in [-0.39, 0.29) is 12.4 Å². The molecule has 3 nitrogen and oxygen atoms in total. The molecule has 3 rings (SSSR count). The van der Waals surface area contributed by atoms with E-state index in [1.165, 1.54) is 12.8 Å². The molecule has 0 aliphatic heterocycles. The van der Waals surface area contributed by atoms with E-state index in [9.17, 15) is 0 Å². The zero-order chi connectivity index (χ0) is 17.6. The summed E-state index contributed by atoms with van der Waals surface area (Å²) in [7, 11) is 0. The lowest BCUT2D eigenvalue weighted by atomic mass is 10.2. The van der Waals surface area contributed by atoms with E-state index in [4.69, 9.17) is 32.7 Å². The summed E-state index contributed by atoms with van der Waals surface area (Å²) < 4.78 is 11.7. The second-order valence-corrected chi connectivity index (χ2v) is 7.17. The Bertz CT molecular complexity index is 703. The van der Waals surface area contributed by atoms with Crippen molar-refractivity contribution in [3.8, 4) is 11.5 Å². The molecule has 0 saturated heterocycles. The van der Waals surface area contributed by atoms with Gasteiger partial charge in [-0.05, 0) is 67.6 Å². The molecule has 1 aliphatic carbocycles. The quantitative estimate of drug-likeness (QED) is 0.552. The molecular weight excluding hydrogens is 393 g/mol. The van der Waals surface area contributed by atoms with Gasteiger partial charge in [-0.2, -0.15) is 0 Å². The van der Waals surface area contributed by atoms with Crippen LogP contribution in [0.15, 0.2) is 36.4 Å². The van der Waals surface area contributed by atoms with Gasteiger partial charge in [-0.3, -0.25) is 0 Å². The largest absolute Gasteiger partial charge is 0.490 e. The molecule has 0 atom stereocenters. The highest BCUT2D eigenvalue weighted by Gasteiger charge is 2.20. The van der Waals surface area contributed by atoms with Crippen LogP contribution in [0.2, 0.25) is 10.0 Å². The van der Waals surface area contributed by atoms with Crippen LogP contribution in [0.25, 0.3) is 0 Å². The molecular formula is C20H24Cl3NO2. The van der Waals surface area contributed by atoms with E-state index in [1.54, 1.807) is 0 Å². The molecule has 0 heterocycles. The SMILES string of the molecule is CCOc1cc(CNCC2CC2)cc(Cl)c1OCc1ccc(Cl)cc1.Cl. The van der Waals surface area contributed by atoms with Crippen LogP contribution < -0.4 is 14.8 Å². The van der Waals surface area contributed by atoms with E-state index in [2.05, 4.69) is 5.32 Å². The van der Waals surface area contributed by atoms with Gasteiger partial charge in [0, 0.05) is 11.6 Å². The van der Waals surface area contributed by atoms with Gasteiger partial charge in [0.1, 0.15) is 6.61 Å². The summed E-state index contributed by atoms with van der Waals surface area (Å²) in [5, 5.41) is 4.76. The van der Waals surface area contributed by atoms with Crippen molar-refractivity contribution in [1.29, 1.82) is 0 Å². The van der Waals surface area contributed by atoms with Crippen LogP contribution in [0.3, 0.4) is 0 Å². The summed E-state index contributed by atoms with van der Waals surface area (Å²) in [5.41, 5.74) is 2.13. The number of hydrogen-bond donors (Lipinski definition) is 1. The fourth-order valence-corrected chi connectivity index (χ4v) is 3.02. The first-order valence-corrected chi connectivity index (χ1v) is 9.44. The van der Waals surface area contributed by atoms with Gasteiger partial charge < -0.3 is 14.8 Å². The first-order chi connectivity index (χ1) is 12.2. The van der Waals surface area contributed by atoms with Crippen molar-refractivity contribution >= 4 is 35.6 Å². The lowest BCUT2D eigenvalue weighted by Crippen LogP contribution is -2.16. The number of halogens is 3. The molecule has 0 bridgehead atoms. The van der Waals surface area contributed by atoms with Gasteiger partial charge in [0.2, 0.25) is 0 Å². The molecule has 2 aromatic rings. The first-order valence-electron chi connectivity index (χ1n) is 8.69. The number of benzene rings is 2. The lowest BCUT2D eigenvalue weighted by molar-refractivity contribution is 0.269. The molecule has 1 aliphatic rings. The second-order valence-electron chi connectivity index (χ2n) is 6.33. The summed E-state index contributed by atoms with van der Waals surface area (Å²) in [4.78, 5) is 0. The molecule has 0 spiro atoms. The maximum absolute atomic E-state index is 6.46. The molecule has 6 heteroatoms. The Morgan fingerprint density at radius 3 is 2.42 bits per heavy atom. The lowest BCUT2D eigenvalue weighted by Gasteiger charge is -2.16. The van der Waals surface area contributed by atoms with Crippen LogP contribution in [-0.2, 0) is 13.2 Å². The first kappa shape index (κ1) is 21.2. The standard InChI is InChI=1S/C20H23Cl2NO2.ClH/c1-2-24-19-10-16(12-23-11-14-3-4-14)9-18(22)20(19)25-13-15-5-7-17(21)8-6-15;/h5-10,14,23H,2-4,11-13H2,1H3;1H. The Labute approximate surface area is 171 Å². The Morgan fingerprint density at radius 2 is 1.77 bits per heavy atom. The van der Waals surface area contributed by atoms with Crippen LogP contribution in [0.5, 0.6) is 11.5 Å². The number of rotatable bonds is 9. The molecule has 142 valence electrons. The fraction of sp³-hybridized carbons (Fsp3) is 0.400. The minimum absolute atomic E-state index is 0. The van der Waals surface area contributed by atoms with Crippen molar-refractivity contribution in [2.45, 2.75) is 32.9 Å². The van der Waals surface area contributed by atoms with Gasteiger partial charge in [-0.15, -0.1) is 12.4 Å². The molecule has 1 N–H and O–H groups in total. The smallest absolute Gasteiger partial charge is 0.180 e. The predicted molar refractivity (Wildman–Crippen MR) is 110 cm³/mol. The minimum atomic E-state index is 0. The van der Waals surface area contributed by atoms with Crippen LogP contribution in [0.1, 0.15) is 30.9 Å². The highest BCUT2D eigenvalue weighted by molar-refractivity contribution is 6.32. The number of nitrogens with one attached hydrogen (secondary N) is 1. The molecule has 1 saturated carbocycles. The van der Waals surface area contributed by atoms with Crippen molar-refractivity contribution in [3.05, 3.63) is 57.6 Å². The molecule has 2 aromatic carbocycles. The summed E-state index contributed by atoms with van der Waals surface area (Å²) in [6.07, 6.45) is 2.69. The van der Waals surface area contributed by atoms with Gasteiger partial charge in [0.05, 0.1) is 11.6 Å². The van der Waals surface area contributed by atoms with Gasteiger partial charge in [0.25, 0.3) is 0 Å². The normalized spacial score (nSPS) is 13.2. The summed E-state index contributed by atoms with van der Waals surface area (Å²) in [6.45, 7) is 4.78. The monoisotopic (exact) mass is 415 g/mol. The van der Waals surface area contributed by atoms with Crippen LogP contribution >= 0.6 is 35.6 Å². The number of hydrogen-bond acceptors (Lipinski definition) is 3. The van der Waals surface area contributed by atoms with Crippen molar-refractivity contribution in [3.63, 3.8) is 0 Å². The third kappa shape index (κ3) is 6.24. The average molecular weight is 417 g/mol. The van der Waals surface area contributed by atoms with Crippen molar-refractivity contribution in [1.82, 2.24) is 5.32 Å². The molecule has 0 amide bonds. The molecule has 0 aromatic heterocycles. The maximum Gasteiger partial charge on any atom is 0.180 e. The highest BCUT2D eigenvalue weighted by Crippen LogP contribution is 2.37. The van der Waals surface area contributed by atoms with Gasteiger partial charge in [0.15, 0.2) is 11.5 Å². The zero-order valence-corrected chi connectivity index (χ0v) is 17.1. The van der Waals surface area contributed by atoms with E-state index in [0.29, 0.717) is 34.8 Å². The highest BCUT2D eigenvalue weighted by atomic mass is 35.5. The van der Waals surface area contributed by atoms with Gasteiger partial charge >= 0.3 is 0 Å². The summed E-state index contributed by atoms with van der Waals surface area (Å²) in [5.74, 6) is 2.13. The Morgan fingerprint density at radius 1 is 1.04 bits per heavy atom. The maximum atomic E-state index is 6.46. The minimum Gasteiger partial charge on any atom is -0.490 e. The van der Waals surface area contributed by atoms with Crippen LogP contribution in [0, 0.1) is 5.92 Å². The Hall–Kier alpha value is -1.13. The molecule has 1 fully saturated rings. The zero-order valence-electron chi connectivity index (χ0n) is 14.8.